The molecule has 1 amide bonds. The lowest BCUT2D eigenvalue weighted by Crippen LogP contribution is -2.48. The highest BCUT2D eigenvalue weighted by molar-refractivity contribution is 6.00. The fourth-order valence-corrected chi connectivity index (χ4v) is 2.97. The molecule has 1 aliphatic heterocycles. The monoisotopic (exact) mass is 310 g/mol. The zero-order valence-electron chi connectivity index (χ0n) is 13.5. The van der Waals surface area contributed by atoms with Crippen LogP contribution in [0.4, 0.5) is 11.4 Å². The van der Waals surface area contributed by atoms with Crippen LogP contribution in [-0.4, -0.2) is 36.1 Å². The van der Waals surface area contributed by atoms with Gasteiger partial charge < -0.3 is 15.0 Å². The van der Waals surface area contributed by atoms with Crippen molar-refractivity contribution in [1.29, 1.82) is 0 Å². The molecule has 4 heteroatoms. The first-order valence-electron chi connectivity index (χ1n) is 7.99. The van der Waals surface area contributed by atoms with Crippen molar-refractivity contribution < 1.29 is 9.53 Å². The third kappa shape index (κ3) is 3.71. The van der Waals surface area contributed by atoms with Gasteiger partial charge >= 0.3 is 0 Å². The van der Waals surface area contributed by atoms with Crippen LogP contribution >= 0.6 is 0 Å². The van der Waals surface area contributed by atoms with E-state index in [-0.39, 0.29) is 18.1 Å². The molecule has 0 radical (unpaired) electrons. The average Bonchev–Trinajstić information content (AvgIpc) is 2.55. The summed E-state index contributed by atoms with van der Waals surface area (Å²) >= 11 is 0. The molecular formula is C19H22N2O2. The normalized spacial score (nSPS) is 21.0. The van der Waals surface area contributed by atoms with Gasteiger partial charge in [0.1, 0.15) is 0 Å². The number of ether oxygens (including phenoxy) is 1. The predicted molar refractivity (Wildman–Crippen MR) is 92.1 cm³/mol. The first-order chi connectivity index (χ1) is 11.1. The van der Waals surface area contributed by atoms with Gasteiger partial charge in [0.2, 0.25) is 0 Å². The van der Waals surface area contributed by atoms with Crippen LogP contribution < -0.4 is 5.32 Å². The first-order valence-corrected chi connectivity index (χ1v) is 7.99. The number of rotatable bonds is 3. The van der Waals surface area contributed by atoms with E-state index in [0.717, 1.165) is 11.4 Å². The SMILES string of the molecule is C[C@@H]1CN(C(=O)c2ccccc2Nc2ccccc2)C[C@H](C)O1. The molecule has 0 aromatic heterocycles. The second-order valence-corrected chi connectivity index (χ2v) is 6.00. The number of amides is 1. The van der Waals surface area contributed by atoms with E-state index in [1.54, 1.807) is 0 Å². The van der Waals surface area contributed by atoms with Crippen LogP contribution in [0.2, 0.25) is 0 Å². The van der Waals surface area contributed by atoms with Gasteiger partial charge in [0, 0.05) is 18.8 Å². The molecule has 0 unspecified atom stereocenters. The van der Waals surface area contributed by atoms with Crippen LogP contribution in [0.25, 0.3) is 0 Å². The fraction of sp³-hybridized carbons (Fsp3) is 0.316. The lowest BCUT2D eigenvalue weighted by Gasteiger charge is -2.35. The molecule has 3 rings (SSSR count). The average molecular weight is 310 g/mol. The third-order valence-corrected chi connectivity index (χ3v) is 3.92. The van der Waals surface area contributed by atoms with Crippen molar-refractivity contribution >= 4 is 17.3 Å². The smallest absolute Gasteiger partial charge is 0.256 e. The molecule has 1 N–H and O–H groups in total. The van der Waals surface area contributed by atoms with E-state index in [9.17, 15) is 4.79 Å². The summed E-state index contributed by atoms with van der Waals surface area (Å²) in [5.74, 6) is 0.0473. The number of morpholine rings is 1. The molecule has 4 nitrogen and oxygen atoms in total. The number of hydrogen-bond donors (Lipinski definition) is 1. The number of anilines is 2. The Morgan fingerprint density at radius 3 is 2.30 bits per heavy atom. The second-order valence-electron chi connectivity index (χ2n) is 6.00. The molecule has 1 fully saturated rings. The lowest BCUT2D eigenvalue weighted by molar-refractivity contribution is -0.0585. The van der Waals surface area contributed by atoms with Gasteiger partial charge in [-0.05, 0) is 38.1 Å². The summed E-state index contributed by atoms with van der Waals surface area (Å²) in [6, 6.07) is 17.5. The van der Waals surface area contributed by atoms with E-state index in [4.69, 9.17) is 4.74 Å². The van der Waals surface area contributed by atoms with E-state index in [1.165, 1.54) is 0 Å². The summed E-state index contributed by atoms with van der Waals surface area (Å²) in [5.41, 5.74) is 2.49. The van der Waals surface area contributed by atoms with Crippen molar-refractivity contribution in [2.24, 2.45) is 0 Å². The molecule has 0 saturated carbocycles. The van der Waals surface area contributed by atoms with Crippen molar-refractivity contribution in [2.75, 3.05) is 18.4 Å². The number of nitrogens with zero attached hydrogens (tertiary/aromatic N) is 1. The second kappa shape index (κ2) is 6.84. The quantitative estimate of drug-likeness (QED) is 0.940. The van der Waals surface area contributed by atoms with Gasteiger partial charge in [-0.3, -0.25) is 4.79 Å². The summed E-state index contributed by atoms with van der Waals surface area (Å²) in [7, 11) is 0. The van der Waals surface area contributed by atoms with Crippen molar-refractivity contribution in [1.82, 2.24) is 4.90 Å². The largest absolute Gasteiger partial charge is 0.372 e. The molecule has 2 aromatic carbocycles. The van der Waals surface area contributed by atoms with Crippen molar-refractivity contribution in [3.05, 3.63) is 60.2 Å². The van der Waals surface area contributed by atoms with Crippen molar-refractivity contribution in [3.63, 3.8) is 0 Å². The van der Waals surface area contributed by atoms with Crippen LogP contribution in [0.15, 0.2) is 54.6 Å². The van der Waals surface area contributed by atoms with Crippen molar-refractivity contribution in [3.8, 4) is 0 Å². The Labute approximate surface area is 137 Å². The summed E-state index contributed by atoms with van der Waals surface area (Å²) < 4.78 is 5.72. The predicted octanol–water partition coefficient (Wildman–Crippen LogP) is 3.68. The van der Waals surface area contributed by atoms with Crippen LogP contribution in [0, 0.1) is 0 Å². The molecule has 120 valence electrons. The fourth-order valence-electron chi connectivity index (χ4n) is 2.97. The van der Waals surface area contributed by atoms with Gasteiger partial charge in [-0.15, -0.1) is 0 Å². The number of nitrogens with one attached hydrogen (secondary N) is 1. The molecule has 0 aliphatic carbocycles. The number of hydrogen-bond acceptors (Lipinski definition) is 3. The molecule has 0 spiro atoms. The van der Waals surface area contributed by atoms with Gasteiger partial charge in [0.05, 0.1) is 23.5 Å². The van der Waals surface area contributed by atoms with Crippen LogP contribution in [0.1, 0.15) is 24.2 Å². The maximum Gasteiger partial charge on any atom is 0.256 e. The highest BCUT2D eigenvalue weighted by atomic mass is 16.5. The van der Waals surface area contributed by atoms with Gasteiger partial charge in [-0.2, -0.15) is 0 Å². The number of carbonyl (C=O) groups excluding carboxylic acids is 1. The lowest BCUT2D eigenvalue weighted by atomic mass is 10.1. The Balaban J connectivity index is 1.83. The van der Waals surface area contributed by atoms with Gasteiger partial charge in [-0.25, -0.2) is 0 Å². The number of benzene rings is 2. The molecule has 1 heterocycles. The maximum atomic E-state index is 12.9. The molecule has 1 aliphatic rings. The zero-order valence-corrected chi connectivity index (χ0v) is 13.5. The third-order valence-electron chi connectivity index (χ3n) is 3.92. The van der Waals surface area contributed by atoms with Crippen LogP contribution in [0.5, 0.6) is 0 Å². The molecule has 2 atom stereocenters. The summed E-state index contributed by atoms with van der Waals surface area (Å²) in [6.07, 6.45) is 0.133. The minimum atomic E-state index is 0.0473. The first kappa shape index (κ1) is 15.6. The molecular weight excluding hydrogens is 288 g/mol. The molecule has 0 bridgehead atoms. The van der Waals surface area contributed by atoms with E-state index in [1.807, 2.05) is 73.3 Å². The van der Waals surface area contributed by atoms with Gasteiger partial charge in [0.15, 0.2) is 0 Å². The van der Waals surface area contributed by atoms with Crippen LogP contribution in [-0.2, 0) is 4.74 Å². The Morgan fingerprint density at radius 2 is 1.61 bits per heavy atom. The maximum absolute atomic E-state index is 12.9. The molecule has 23 heavy (non-hydrogen) atoms. The standard InChI is InChI=1S/C19H22N2O2/c1-14-12-21(13-15(2)23-14)19(22)17-10-6-7-11-18(17)20-16-8-4-3-5-9-16/h3-11,14-15,20H,12-13H2,1-2H3/t14-,15+. The topological polar surface area (TPSA) is 41.6 Å². The Morgan fingerprint density at radius 1 is 1.00 bits per heavy atom. The minimum Gasteiger partial charge on any atom is -0.372 e. The summed E-state index contributed by atoms with van der Waals surface area (Å²) in [5, 5.41) is 3.34. The minimum absolute atomic E-state index is 0.0473. The zero-order chi connectivity index (χ0) is 16.2. The van der Waals surface area contributed by atoms with Crippen molar-refractivity contribution in [2.45, 2.75) is 26.1 Å². The van der Waals surface area contributed by atoms with Crippen LogP contribution in [0.3, 0.4) is 0 Å². The van der Waals surface area contributed by atoms with E-state index < -0.39 is 0 Å². The van der Waals surface area contributed by atoms with E-state index >= 15 is 0 Å². The molecule has 1 saturated heterocycles. The Bertz CT molecular complexity index is 662. The Kier molecular flexibility index (Phi) is 4.63. The van der Waals surface area contributed by atoms with E-state index in [2.05, 4.69) is 5.32 Å². The van der Waals surface area contributed by atoms with Gasteiger partial charge in [-0.1, -0.05) is 30.3 Å². The number of para-hydroxylation sites is 2. The van der Waals surface area contributed by atoms with Gasteiger partial charge in [0.25, 0.3) is 5.91 Å². The van der Waals surface area contributed by atoms with E-state index in [0.29, 0.717) is 18.7 Å². The number of carbonyl (C=O) groups is 1. The highest BCUT2D eigenvalue weighted by Gasteiger charge is 2.27. The summed E-state index contributed by atoms with van der Waals surface area (Å²) in [4.78, 5) is 14.8. The summed E-state index contributed by atoms with van der Waals surface area (Å²) in [6.45, 7) is 5.26. The highest BCUT2D eigenvalue weighted by Crippen LogP contribution is 2.23. The Hall–Kier alpha value is -2.33. The molecule has 2 aromatic rings.